The van der Waals surface area contributed by atoms with Crippen LogP contribution in [0.25, 0.3) is 0 Å². The molecule has 2 saturated carbocycles. The summed E-state index contributed by atoms with van der Waals surface area (Å²) >= 11 is 0. The van der Waals surface area contributed by atoms with E-state index >= 15 is 0 Å². The molecule has 0 radical (unpaired) electrons. The summed E-state index contributed by atoms with van der Waals surface area (Å²) in [5, 5.41) is 0. The van der Waals surface area contributed by atoms with Gasteiger partial charge in [-0.25, -0.2) is 0 Å². The zero-order chi connectivity index (χ0) is 18.2. The molecule has 0 aromatic carbocycles. The Balaban J connectivity index is 1.98. The van der Waals surface area contributed by atoms with Gasteiger partial charge in [0.2, 0.25) is 0 Å². The van der Waals surface area contributed by atoms with Gasteiger partial charge in [-0.2, -0.15) is 0 Å². The van der Waals surface area contributed by atoms with E-state index in [2.05, 4.69) is 30.8 Å². The second kappa shape index (κ2) is 6.69. The number of rotatable bonds is 6. The Kier molecular flexibility index (Phi) is 4.91. The highest BCUT2D eigenvalue weighted by Gasteiger charge is 2.50. The van der Waals surface area contributed by atoms with Crippen molar-refractivity contribution in [1.82, 2.24) is 9.88 Å². The number of carbonyl (C=O) groups is 1. The Bertz CT molecular complexity index is 644. The van der Waals surface area contributed by atoms with Gasteiger partial charge in [-0.1, -0.05) is 13.3 Å². The van der Waals surface area contributed by atoms with Gasteiger partial charge in [0.15, 0.2) is 0 Å². The number of methoxy groups -OCH3 is 1. The standard InChI is InChI=1S/C20H31N3O2/c1-14-6-5-7-16(13-23(3)19(2)9-10-19)20(14,25-4)15-8-11-22-17(12-15)18(21)24/h8,11-12,14,16H,5-7,9-10,13H2,1-4H3,(H2,21,24). The van der Waals surface area contributed by atoms with Crippen LogP contribution in [0, 0.1) is 11.8 Å². The maximum absolute atomic E-state index is 11.6. The molecule has 1 heterocycles. The molecular formula is C20H31N3O2. The SMILES string of the molecule is COC1(c2ccnc(C(N)=O)c2)C(C)CCCC1CN(C)C1(C)CC1. The average Bonchev–Trinajstić information content (AvgIpc) is 3.35. The monoisotopic (exact) mass is 345 g/mol. The van der Waals surface area contributed by atoms with Gasteiger partial charge in [-0.15, -0.1) is 0 Å². The van der Waals surface area contributed by atoms with E-state index in [4.69, 9.17) is 10.5 Å². The van der Waals surface area contributed by atoms with Gasteiger partial charge in [0.05, 0.1) is 5.60 Å². The fraction of sp³-hybridized carbons (Fsp3) is 0.700. The largest absolute Gasteiger partial charge is 0.373 e. The minimum atomic E-state index is -0.490. The highest BCUT2D eigenvalue weighted by molar-refractivity contribution is 5.90. The van der Waals surface area contributed by atoms with E-state index in [0.717, 1.165) is 24.9 Å². The van der Waals surface area contributed by atoms with Crippen molar-refractivity contribution >= 4 is 5.91 Å². The Morgan fingerprint density at radius 1 is 1.44 bits per heavy atom. The van der Waals surface area contributed by atoms with Crippen LogP contribution in [0.2, 0.25) is 0 Å². The molecule has 2 aliphatic rings. The highest BCUT2D eigenvalue weighted by atomic mass is 16.5. The molecule has 0 spiro atoms. The normalized spacial score (nSPS) is 31.1. The van der Waals surface area contributed by atoms with E-state index in [1.54, 1.807) is 13.3 Å². The van der Waals surface area contributed by atoms with Gasteiger partial charge in [0, 0.05) is 31.3 Å². The molecular weight excluding hydrogens is 314 g/mol. The molecule has 1 amide bonds. The van der Waals surface area contributed by atoms with Crippen LogP contribution in [-0.2, 0) is 10.3 Å². The number of carbonyl (C=O) groups excluding carboxylic acids is 1. The number of aromatic nitrogens is 1. The number of amides is 1. The number of hydrogen-bond donors (Lipinski definition) is 1. The molecule has 2 aliphatic carbocycles. The van der Waals surface area contributed by atoms with Gasteiger partial charge in [0.25, 0.3) is 5.91 Å². The van der Waals surface area contributed by atoms with Crippen LogP contribution < -0.4 is 5.73 Å². The first-order valence-corrected chi connectivity index (χ1v) is 9.36. The van der Waals surface area contributed by atoms with Gasteiger partial charge >= 0.3 is 0 Å². The molecule has 0 aliphatic heterocycles. The molecule has 138 valence electrons. The second-order valence-corrected chi connectivity index (χ2v) is 8.20. The highest BCUT2D eigenvalue weighted by Crippen LogP contribution is 2.50. The predicted molar refractivity (Wildman–Crippen MR) is 98.2 cm³/mol. The van der Waals surface area contributed by atoms with Gasteiger partial charge in [-0.3, -0.25) is 9.78 Å². The fourth-order valence-corrected chi connectivity index (χ4v) is 4.66. The van der Waals surface area contributed by atoms with Crippen molar-refractivity contribution < 1.29 is 9.53 Å². The van der Waals surface area contributed by atoms with E-state index in [1.807, 2.05) is 12.1 Å². The third-order valence-corrected chi connectivity index (χ3v) is 6.72. The van der Waals surface area contributed by atoms with Crippen LogP contribution in [0.5, 0.6) is 0 Å². The lowest BCUT2D eigenvalue weighted by atomic mass is 9.65. The first-order chi connectivity index (χ1) is 11.8. The Morgan fingerprint density at radius 2 is 2.16 bits per heavy atom. The molecule has 5 heteroatoms. The Labute approximate surface area is 150 Å². The van der Waals surface area contributed by atoms with Crippen molar-refractivity contribution in [2.75, 3.05) is 20.7 Å². The molecule has 25 heavy (non-hydrogen) atoms. The first-order valence-electron chi connectivity index (χ1n) is 9.36. The molecule has 0 bridgehead atoms. The Morgan fingerprint density at radius 3 is 2.76 bits per heavy atom. The van der Waals surface area contributed by atoms with E-state index < -0.39 is 11.5 Å². The van der Waals surface area contributed by atoms with E-state index in [0.29, 0.717) is 23.1 Å². The maximum atomic E-state index is 11.6. The average molecular weight is 345 g/mol. The molecule has 2 fully saturated rings. The number of pyridine rings is 1. The molecule has 3 unspecified atom stereocenters. The lowest BCUT2D eigenvalue weighted by molar-refractivity contribution is -0.133. The topological polar surface area (TPSA) is 68.5 Å². The summed E-state index contributed by atoms with van der Waals surface area (Å²) in [7, 11) is 4.03. The van der Waals surface area contributed by atoms with Crippen molar-refractivity contribution in [3.05, 3.63) is 29.6 Å². The number of hydrogen-bond acceptors (Lipinski definition) is 4. The van der Waals surface area contributed by atoms with Crippen molar-refractivity contribution in [3.8, 4) is 0 Å². The van der Waals surface area contributed by atoms with Crippen LogP contribution in [0.3, 0.4) is 0 Å². The van der Waals surface area contributed by atoms with Crippen LogP contribution in [0.1, 0.15) is 62.0 Å². The number of nitrogens with two attached hydrogens (primary N) is 1. The zero-order valence-electron chi connectivity index (χ0n) is 15.9. The van der Waals surface area contributed by atoms with E-state index in [1.165, 1.54) is 19.3 Å². The molecule has 0 saturated heterocycles. The van der Waals surface area contributed by atoms with Gasteiger partial charge in [-0.05, 0) is 63.3 Å². The second-order valence-electron chi connectivity index (χ2n) is 8.20. The maximum Gasteiger partial charge on any atom is 0.267 e. The lowest BCUT2D eigenvalue weighted by Crippen LogP contribution is -2.51. The molecule has 1 aromatic rings. The summed E-state index contributed by atoms with van der Waals surface area (Å²) in [5.41, 5.74) is 6.75. The van der Waals surface area contributed by atoms with Crippen LogP contribution in [0.4, 0.5) is 0 Å². The van der Waals surface area contributed by atoms with E-state index in [-0.39, 0.29) is 0 Å². The molecule has 2 N–H and O–H groups in total. The molecule has 3 rings (SSSR count). The summed E-state index contributed by atoms with van der Waals surface area (Å²) in [6.45, 7) is 5.60. The number of primary amides is 1. The van der Waals surface area contributed by atoms with Crippen LogP contribution >= 0.6 is 0 Å². The fourth-order valence-electron chi connectivity index (χ4n) is 4.66. The predicted octanol–water partition coefficient (Wildman–Crippen LogP) is 2.94. The quantitative estimate of drug-likeness (QED) is 0.861. The molecule has 3 atom stereocenters. The first kappa shape index (κ1) is 18.3. The molecule has 1 aromatic heterocycles. The number of ether oxygens (including phenoxy) is 1. The number of nitrogens with zero attached hydrogens (tertiary/aromatic N) is 2. The van der Waals surface area contributed by atoms with Crippen molar-refractivity contribution in [3.63, 3.8) is 0 Å². The van der Waals surface area contributed by atoms with Crippen LogP contribution in [0.15, 0.2) is 18.3 Å². The van der Waals surface area contributed by atoms with E-state index in [9.17, 15) is 4.79 Å². The summed E-state index contributed by atoms with van der Waals surface area (Å²) in [6, 6.07) is 3.82. The van der Waals surface area contributed by atoms with Gasteiger partial charge in [0.1, 0.15) is 5.69 Å². The van der Waals surface area contributed by atoms with Gasteiger partial charge < -0.3 is 15.4 Å². The Hall–Kier alpha value is -1.46. The van der Waals surface area contributed by atoms with Crippen LogP contribution in [-0.4, -0.2) is 42.0 Å². The van der Waals surface area contributed by atoms with Crippen molar-refractivity contribution in [2.45, 2.75) is 57.1 Å². The summed E-state index contributed by atoms with van der Waals surface area (Å²) in [5.74, 6) is 0.266. The minimum Gasteiger partial charge on any atom is -0.373 e. The molecule has 5 nitrogen and oxygen atoms in total. The third-order valence-electron chi connectivity index (χ3n) is 6.72. The summed E-state index contributed by atoms with van der Waals surface area (Å²) < 4.78 is 6.25. The smallest absolute Gasteiger partial charge is 0.267 e. The van der Waals surface area contributed by atoms with Crippen molar-refractivity contribution in [1.29, 1.82) is 0 Å². The van der Waals surface area contributed by atoms with Crippen molar-refractivity contribution in [2.24, 2.45) is 17.6 Å². The lowest BCUT2D eigenvalue weighted by Gasteiger charge is -2.49. The third kappa shape index (κ3) is 3.20. The summed E-state index contributed by atoms with van der Waals surface area (Å²) in [6.07, 6.45) is 7.70. The minimum absolute atomic E-state index is 0.313. The zero-order valence-corrected chi connectivity index (χ0v) is 15.9. The summed E-state index contributed by atoms with van der Waals surface area (Å²) in [4.78, 5) is 18.2.